The van der Waals surface area contributed by atoms with Gasteiger partial charge in [-0.15, -0.1) is 0 Å². The van der Waals surface area contributed by atoms with Crippen LogP contribution in [0.4, 0.5) is 17.1 Å². The standard InChI is InChI=1S/C20H26N4O5/c1-23(2)12-6-11-21-20(25)15-7-5-8-18(29-4)19(15)22-16-13-14(24(26)27)9-10-17(16)28-3/h5,7-10,13,22H,6,11-12H2,1-4H3,(H,21,25). The second-order valence-corrected chi connectivity index (χ2v) is 6.56. The minimum atomic E-state index is -0.495. The number of benzene rings is 2. The van der Waals surface area contributed by atoms with E-state index in [2.05, 4.69) is 10.6 Å². The highest BCUT2D eigenvalue weighted by molar-refractivity contribution is 6.02. The van der Waals surface area contributed by atoms with E-state index in [-0.39, 0.29) is 11.6 Å². The van der Waals surface area contributed by atoms with Crippen LogP contribution in [0.5, 0.6) is 11.5 Å². The molecule has 0 aliphatic heterocycles. The number of non-ortho nitro benzene ring substituents is 1. The topological polar surface area (TPSA) is 106 Å². The Hall–Kier alpha value is -3.33. The van der Waals surface area contributed by atoms with Crippen LogP contribution in [0.1, 0.15) is 16.8 Å². The van der Waals surface area contributed by atoms with Gasteiger partial charge in [0.25, 0.3) is 11.6 Å². The summed E-state index contributed by atoms with van der Waals surface area (Å²) in [4.78, 5) is 25.4. The van der Waals surface area contributed by atoms with Gasteiger partial charge in [0.2, 0.25) is 0 Å². The predicted octanol–water partition coefficient (Wildman–Crippen LogP) is 3.04. The Labute approximate surface area is 169 Å². The van der Waals surface area contributed by atoms with Crippen LogP contribution >= 0.6 is 0 Å². The number of para-hydroxylation sites is 1. The number of rotatable bonds is 10. The summed E-state index contributed by atoms with van der Waals surface area (Å²) in [5.74, 6) is 0.563. The highest BCUT2D eigenvalue weighted by atomic mass is 16.6. The quantitative estimate of drug-likeness (QED) is 0.357. The van der Waals surface area contributed by atoms with Crippen molar-refractivity contribution in [1.82, 2.24) is 10.2 Å². The molecule has 2 aromatic rings. The third kappa shape index (κ3) is 5.82. The van der Waals surface area contributed by atoms with Crippen molar-refractivity contribution < 1.29 is 19.2 Å². The molecule has 0 aromatic heterocycles. The Morgan fingerprint density at radius 1 is 1.14 bits per heavy atom. The third-order valence-corrected chi connectivity index (χ3v) is 4.21. The van der Waals surface area contributed by atoms with Gasteiger partial charge in [-0.05, 0) is 45.3 Å². The number of nitrogens with one attached hydrogen (secondary N) is 2. The van der Waals surface area contributed by atoms with Gasteiger partial charge >= 0.3 is 0 Å². The molecule has 0 radical (unpaired) electrons. The molecular formula is C20H26N4O5. The van der Waals surface area contributed by atoms with E-state index in [1.807, 2.05) is 19.0 Å². The summed E-state index contributed by atoms with van der Waals surface area (Å²) in [5, 5.41) is 17.1. The Bertz CT molecular complexity index is 870. The number of hydrogen-bond acceptors (Lipinski definition) is 7. The molecular weight excluding hydrogens is 376 g/mol. The fourth-order valence-electron chi connectivity index (χ4n) is 2.75. The number of carbonyl (C=O) groups excluding carboxylic acids is 1. The molecule has 0 aliphatic rings. The van der Waals surface area contributed by atoms with E-state index in [0.717, 1.165) is 13.0 Å². The molecule has 0 spiro atoms. The SMILES string of the molecule is COc1ccc([N+](=O)[O-])cc1Nc1c(OC)cccc1C(=O)NCCCN(C)C. The molecule has 1 amide bonds. The van der Waals surface area contributed by atoms with Crippen LogP contribution in [0, 0.1) is 10.1 Å². The summed E-state index contributed by atoms with van der Waals surface area (Å²) in [5.41, 5.74) is 1.02. The van der Waals surface area contributed by atoms with Crippen LogP contribution in [0.2, 0.25) is 0 Å². The zero-order chi connectivity index (χ0) is 21.4. The number of hydrogen-bond donors (Lipinski definition) is 2. The molecule has 2 rings (SSSR count). The molecule has 0 aliphatic carbocycles. The average molecular weight is 402 g/mol. The molecule has 9 nitrogen and oxygen atoms in total. The van der Waals surface area contributed by atoms with Crippen molar-refractivity contribution in [3.8, 4) is 11.5 Å². The molecule has 0 heterocycles. The molecule has 0 fully saturated rings. The van der Waals surface area contributed by atoms with Gasteiger partial charge in [-0.3, -0.25) is 14.9 Å². The van der Waals surface area contributed by atoms with E-state index < -0.39 is 4.92 Å². The lowest BCUT2D eigenvalue weighted by Gasteiger charge is -2.17. The van der Waals surface area contributed by atoms with Crippen molar-refractivity contribution in [2.75, 3.05) is 46.7 Å². The van der Waals surface area contributed by atoms with Crippen molar-refractivity contribution in [2.24, 2.45) is 0 Å². The van der Waals surface area contributed by atoms with Gasteiger partial charge in [-0.1, -0.05) is 6.07 Å². The van der Waals surface area contributed by atoms with Crippen LogP contribution in [-0.4, -0.2) is 57.1 Å². The normalized spacial score (nSPS) is 10.5. The first-order valence-corrected chi connectivity index (χ1v) is 9.06. The highest BCUT2D eigenvalue weighted by Crippen LogP contribution is 2.36. The lowest BCUT2D eigenvalue weighted by molar-refractivity contribution is -0.384. The number of methoxy groups -OCH3 is 2. The van der Waals surface area contributed by atoms with Gasteiger partial charge in [-0.25, -0.2) is 0 Å². The number of nitro groups is 1. The zero-order valence-corrected chi connectivity index (χ0v) is 17.0. The summed E-state index contributed by atoms with van der Waals surface area (Å²) in [6.45, 7) is 1.38. The number of nitrogens with zero attached hydrogens (tertiary/aromatic N) is 2. The van der Waals surface area contributed by atoms with Crippen LogP contribution in [0.25, 0.3) is 0 Å². The first-order valence-electron chi connectivity index (χ1n) is 9.06. The van der Waals surface area contributed by atoms with Crippen LogP contribution in [-0.2, 0) is 0 Å². The third-order valence-electron chi connectivity index (χ3n) is 4.21. The lowest BCUT2D eigenvalue weighted by Crippen LogP contribution is -2.27. The second-order valence-electron chi connectivity index (χ2n) is 6.56. The maximum Gasteiger partial charge on any atom is 0.271 e. The van der Waals surface area contributed by atoms with Crippen LogP contribution in [0.15, 0.2) is 36.4 Å². The number of anilines is 2. The maximum atomic E-state index is 12.7. The fraction of sp³-hybridized carbons (Fsp3) is 0.350. The van der Waals surface area contributed by atoms with Crippen molar-refractivity contribution in [2.45, 2.75) is 6.42 Å². The number of nitro benzene ring substituents is 1. The van der Waals surface area contributed by atoms with Gasteiger partial charge < -0.3 is 25.0 Å². The van der Waals surface area contributed by atoms with Gasteiger partial charge in [0.1, 0.15) is 11.5 Å². The molecule has 0 saturated heterocycles. The van der Waals surface area contributed by atoms with Gasteiger partial charge in [-0.2, -0.15) is 0 Å². The first kappa shape index (κ1) is 22.0. The van der Waals surface area contributed by atoms with Crippen molar-refractivity contribution >= 4 is 23.0 Å². The van der Waals surface area contributed by atoms with E-state index in [1.54, 1.807) is 18.2 Å². The number of carbonyl (C=O) groups is 1. The maximum absolute atomic E-state index is 12.7. The molecule has 0 unspecified atom stereocenters. The van der Waals surface area contributed by atoms with Crippen molar-refractivity contribution in [3.63, 3.8) is 0 Å². The van der Waals surface area contributed by atoms with E-state index in [4.69, 9.17) is 9.47 Å². The molecule has 0 saturated carbocycles. The van der Waals surface area contributed by atoms with Gasteiger partial charge in [0.05, 0.1) is 36.1 Å². The fourth-order valence-corrected chi connectivity index (χ4v) is 2.75. The van der Waals surface area contributed by atoms with Crippen LogP contribution < -0.4 is 20.1 Å². The second kappa shape index (κ2) is 10.3. The molecule has 0 atom stereocenters. The number of amides is 1. The monoisotopic (exact) mass is 402 g/mol. The molecule has 0 bridgehead atoms. The van der Waals surface area contributed by atoms with Gasteiger partial charge in [0, 0.05) is 18.7 Å². The molecule has 156 valence electrons. The van der Waals surface area contributed by atoms with Crippen LogP contribution in [0.3, 0.4) is 0 Å². The summed E-state index contributed by atoms with van der Waals surface area (Å²) >= 11 is 0. The summed E-state index contributed by atoms with van der Waals surface area (Å²) < 4.78 is 10.7. The number of ether oxygens (including phenoxy) is 2. The predicted molar refractivity (Wildman–Crippen MR) is 111 cm³/mol. The molecule has 2 N–H and O–H groups in total. The first-order chi connectivity index (χ1) is 13.9. The average Bonchev–Trinajstić information content (AvgIpc) is 2.70. The molecule has 29 heavy (non-hydrogen) atoms. The van der Waals surface area contributed by atoms with E-state index in [1.165, 1.54) is 32.4 Å². The van der Waals surface area contributed by atoms with E-state index >= 15 is 0 Å². The van der Waals surface area contributed by atoms with E-state index in [9.17, 15) is 14.9 Å². The largest absolute Gasteiger partial charge is 0.495 e. The zero-order valence-electron chi connectivity index (χ0n) is 17.0. The Balaban J connectivity index is 2.34. The van der Waals surface area contributed by atoms with Crippen molar-refractivity contribution in [1.29, 1.82) is 0 Å². The minimum Gasteiger partial charge on any atom is -0.495 e. The summed E-state index contributed by atoms with van der Waals surface area (Å²) in [7, 11) is 6.90. The summed E-state index contributed by atoms with van der Waals surface area (Å²) in [6, 6.07) is 9.28. The minimum absolute atomic E-state index is 0.0992. The van der Waals surface area contributed by atoms with E-state index in [0.29, 0.717) is 35.0 Å². The molecule has 2 aromatic carbocycles. The Morgan fingerprint density at radius 2 is 1.86 bits per heavy atom. The highest BCUT2D eigenvalue weighted by Gasteiger charge is 2.19. The lowest BCUT2D eigenvalue weighted by atomic mass is 10.1. The van der Waals surface area contributed by atoms with Crippen molar-refractivity contribution in [3.05, 3.63) is 52.1 Å². The van der Waals surface area contributed by atoms with Gasteiger partial charge in [0.15, 0.2) is 0 Å². The Kier molecular flexibility index (Phi) is 7.79. The summed E-state index contributed by atoms with van der Waals surface area (Å²) in [6.07, 6.45) is 0.810. The smallest absolute Gasteiger partial charge is 0.271 e. The molecule has 9 heteroatoms. The Morgan fingerprint density at radius 3 is 2.48 bits per heavy atom.